The van der Waals surface area contributed by atoms with Gasteiger partial charge in [-0.15, -0.1) is 0 Å². The number of nitrogens with one attached hydrogen (secondary N) is 1. The lowest BCUT2D eigenvalue weighted by Gasteiger charge is -2.41. The second kappa shape index (κ2) is 9.45. The standard InChI is InChI=1S/C21H23N3O5S/c1-14(22)23-13-5-8-18-19(21(26)27)24(20(18)25)30(28)29-17-11-9-16(10-12-17)15-6-3-2-4-7-15/h2-4,6-7,9-12,18-19,23H,1,5,8,13,22H2,(H,26,27). The van der Waals surface area contributed by atoms with E-state index in [4.69, 9.17) is 9.92 Å². The van der Waals surface area contributed by atoms with Crippen molar-refractivity contribution in [2.75, 3.05) is 6.54 Å². The molecule has 2 aromatic carbocycles. The van der Waals surface area contributed by atoms with Crippen LogP contribution in [0.1, 0.15) is 12.8 Å². The summed E-state index contributed by atoms with van der Waals surface area (Å²) >= 11 is -2.24. The number of nitrogens with two attached hydrogens (primary N) is 1. The average Bonchev–Trinajstić information content (AvgIpc) is 2.72. The van der Waals surface area contributed by atoms with Crippen molar-refractivity contribution in [3.8, 4) is 16.9 Å². The van der Waals surface area contributed by atoms with Crippen molar-refractivity contribution in [1.29, 1.82) is 0 Å². The lowest BCUT2D eigenvalue weighted by molar-refractivity contribution is -0.162. The van der Waals surface area contributed by atoms with Gasteiger partial charge in [0, 0.05) is 6.54 Å². The summed E-state index contributed by atoms with van der Waals surface area (Å²) in [6.45, 7) is 3.97. The summed E-state index contributed by atoms with van der Waals surface area (Å²) in [6, 6.07) is 15.4. The highest BCUT2D eigenvalue weighted by Crippen LogP contribution is 2.33. The van der Waals surface area contributed by atoms with E-state index >= 15 is 0 Å². The Balaban J connectivity index is 1.61. The minimum atomic E-state index is -2.24. The van der Waals surface area contributed by atoms with Crippen molar-refractivity contribution < 1.29 is 23.1 Å². The zero-order valence-corrected chi connectivity index (χ0v) is 17.0. The molecular weight excluding hydrogens is 406 g/mol. The van der Waals surface area contributed by atoms with Gasteiger partial charge in [0.1, 0.15) is 5.75 Å². The monoisotopic (exact) mass is 429 g/mol. The van der Waals surface area contributed by atoms with Gasteiger partial charge in [-0.1, -0.05) is 49.0 Å². The molecule has 1 aliphatic heterocycles. The van der Waals surface area contributed by atoms with Gasteiger partial charge in [0.15, 0.2) is 6.04 Å². The zero-order valence-electron chi connectivity index (χ0n) is 16.2. The molecule has 0 saturated carbocycles. The average molecular weight is 429 g/mol. The molecule has 1 heterocycles. The highest BCUT2D eigenvalue weighted by Gasteiger charge is 2.55. The number of amides is 1. The number of carboxylic acid groups (broad SMARTS) is 1. The molecular formula is C21H23N3O5S. The molecule has 0 radical (unpaired) electrons. The van der Waals surface area contributed by atoms with Crippen LogP contribution in [0.15, 0.2) is 67.0 Å². The van der Waals surface area contributed by atoms with Gasteiger partial charge in [-0.25, -0.2) is 9.10 Å². The number of hydrogen-bond donors (Lipinski definition) is 3. The largest absolute Gasteiger partial charge is 0.480 e. The summed E-state index contributed by atoms with van der Waals surface area (Å²) < 4.78 is 18.6. The maximum Gasteiger partial charge on any atom is 0.328 e. The molecule has 3 unspecified atom stereocenters. The molecule has 30 heavy (non-hydrogen) atoms. The van der Waals surface area contributed by atoms with Gasteiger partial charge in [0.05, 0.1) is 11.7 Å². The van der Waals surface area contributed by atoms with Gasteiger partial charge in [-0.2, -0.15) is 4.21 Å². The highest BCUT2D eigenvalue weighted by atomic mass is 32.2. The first-order valence-corrected chi connectivity index (χ1v) is 10.4. The van der Waals surface area contributed by atoms with Crippen LogP contribution in [0.25, 0.3) is 11.1 Å². The molecule has 4 N–H and O–H groups in total. The fourth-order valence-electron chi connectivity index (χ4n) is 3.26. The van der Waals surface area contributed by atoms with Gasteiger partial charge in [-0.3, -0.25) is 4.79 Å². The van der Waals surface area contributed by atoms with Crippen molar-refractivity contribution in [2.24, 2.45) is 11.7 Å². The smallest absolute Gasteiger partial charge is 0.328 e. The van der Waals surface area contributed by atoms with Gasteiger partial charge >= 0.3 is 17.2 Å². The van der Waals surface area contributed by atoms with Gasteiger partial charge in [0.25, 0.3) is 0 Å². The topological polar surface area (TPSA) is 122 Å². The van der Waals surface area contributed by atoms with Gasteiger partial charge in [0.2, 0.25) is 5.91 Å². The fraction of sp³-hybridized carbons (Fsp3) is 0.238. The lowest BCUT2D eigenvalue weighted by Crippen LogP contribution is -2.65. The van der Waals surface area contributed by atoms with Crippen molar-refractivity contribution in [3.05, 3.63) is 67.0 Å². The second-order valence-corrected chi connectivity index (χ2v) is 7.83. The van der Waals surface area contributed by atoms with Crippen molar-refractivity contribution >= 4 is 23.1 Å². The third kappa shape index (κ3) is 4.80. The van der Waals surface area contributed by atoms with Crippen molar-refractivity contribution in [2.45, 2.75) is 18.9 Å². The number of carboxylic acids is 1. The fourth-order valence-corrected chi connectivity index (χ4v) is 4.32. The Labute approximate surface area is 177 Å². The van der Waals surface area contributed by atoms with Crippen LogP contribution in [0.4, 0.5) is 0 Å². The summed E-state index contributed by atoms with van der Waals surface area (Å²) in [7, 11) is 0. The van der Waals surface area contributed by atoms with Crippen LogP contribution in [-0.4, -0.2) is 38.1 Å². The first-order chi connectivity index (χ1) is 14.4. The number of nitrogens with zero attached hydrogens (tertiary/aromatic N) is 1. The molecule has 1 saturated heterocycles. The van der Waals surface area contributed by atoms with Gasteiger partial charge < -0.3 is 20.3 Å². The van der Waals surface area contributed by atoms with E-state index in [2.05, 4.69) is 11.9 Å². The predicted molar refractivity (Wildman–Crippen MR) is 113 cm³/mol. The van der Waals surface area contributed by atoms with Crippen LogP contribution in [0.5, 0.6) is 5.75 Å². The van der Waals surface area contributed by atoms with E-state index in [1.54, 1.807) is 24.3 Å². The molecule has 0 bridgehead atoms. The SMILES string of the molecule is C=C(N)NCCCC1C(=O)N(S(=O)Oc2ccc(-c3ccccc3)cc2)C1C(=O)O. The summed E-state index contributed by atoms with van der Waals surface area (Å²) in [6.07, 6.45) is 0.855. The first kappa shape index (κ1) is 21.4. The molecule has 0 aromatic heterocycles. The Morgan fingerprint density at radius 3 is 2.40 bits per heavy atom. The van der Waals surface area contributed by atoms with E-state index in [9.17, 15) is 18.9 Å². The van der Waals surface area contributed by atoms with E-state index in [0.717, 1.165) is 15.4 Å². The Morgan fingerprint density at radius 2 is 1.80 bits per heavy atom. The Bertz CT molecular complexity index is 949. The Hall–Kier alpha value is -3.33. The highest BCUT2D eigenvalue weighted by molar-refractivity contribution is 7.78. The quantitative estimate of drug-likeness (QED) is 0.390. The van der Waals surface area contributed by atoms with Crippen molar-refractivity contribution in [3.63, 3.8) is 0 Å². The molecule has 0 spiro atoms. The van der Waals surface area contributed by atoms with Crippen LogP contribution in [0.2, 0.25) is 0 Å². The summed E-state index contributed by atoms with van der Waals surface area (Å²) in [5.41, 5.74) is 7.37. The molecule has 1 amide bonds. The van der Waals surface area contributed by atoms with Crippen LogP contribution in [0, 0.1) is 5.92 Å². The van der Waals surface area contributed by atoms with E-state index in [0.29, 0.717) is 25.2 Å². The van der Waals surface area contributed by atoms with Crippen LogP contribution >= 0.6 is 0 Å². The minimum Gasteiger partial charge on any atom is -0.480 e. The van der Waals surface area contributed by atoms with E-state index < -0.39 is 35.1 Å². The lowest BCUT2D eigenvalue weighted by atomic mass is 9.86. The molecule has 1 fully saturated rings. The van der Waals surface area contributed by atoms with E-state index in [1.807, 2.05) is 30.3 Å². The van der Waals surface area contributed by atoms with E-state index in [1.165, 1.54) is 0 Å². The maximum atomic E-state index is 12.5. The molecule has 9 heteroatoms. The summed E-state index contributed by atoms with van der Waals surface area (Å²) in [4.78, 5) is 24.0. The molecule has 8 nitrogen and oxygen atoms in total. The number of carbonyl (C=O) groups excluding carboxylic acids is 1. The number of benzene rings is 2. The van der Waals surface area contributed by atoms with Crippen LogP contribution < -0.4 is 15.2 Å². The van der Waals surface area contributed by atoms with Crippen molar-refractivity contribution in [1.82, 2.24) is 9.62 Å². The molecule has 0 aliphatic carbocycles. The van der Waals surface area contributed by atoms with E-state index in [-0.39, 0.29) is 5.75 Å². The third-order valence-corrected chi connectivity index (χ3v) is 5.82. The number of β-lactam (4-membered cyclic amide) rings is 1. The van der Waals surface area contributed by atoms with Gasteiger partial charge in [-0.05, 0) is 36.1 Å². The number of aliphatic carboxylic acids is 1. The predicted octanol–water partition coefficient (Wildman–Crippen LogP) is 2.02. The van der Waals surface area contributed by atoms with Crippen LogP contribution in [0.3, 0.4) is 0 Å². The number of hydrogen-bond acceptors (Lipinski definition) is 6. The minimum absolute atomic E-state index is 0.277. The summed E-state index contributed by atoms with van der Waals surface area (Å²) in [5.74, 6) is -1.89. The Morgan fingerprint density at radius 1 is 1.17 bits per heavy atom. The third-order valence-electron chi connectivity index (χ3n) is 4.75. The maximum absolute atomic E-state index is 12.5. The Kier molecular flexibility index (Phi) is 6.73. The van der Waals surface area contributed by atoms with Crippen LogP contribution in [-0.2, 0) is 20.9 Å². The number of rotatable bonds is 10. The second-order valence-electron chi connectivity index (χ2n) is 6.84. The molecule has 2 aromatic rings. The first-order valence-electron chi connectivity index (χ1n) is 9.38. The normalized spacial score (nSPS) is 18.9. The molecule has 3 rings (SSSR count). The molecule has 1 aliphatic rings. The molecule has 3 atom stereocenters. The summed E-state index contributed by atoms with van der Waals surface area (Å²) in [5, 5.41) is 12.3. The number of carbonyl (C=O) groups is 2. The zero-order chi connectivity index (χ0) is 21.7. The molecule has 158 valence electrons.